The van der Waals surface area contributed by atoms with Crippen LogP contribution in [0.25, 0.3) is 41.8 Å². The highest BCUT2D eigenvalue weighted by molar-refractivity contribution is 4.79. The van der Waals surface area contributed by atoms with Gasteiger partial charge in [-0.15, -0.1) is 0 Å². The Balaban J connectivity index is 5.00. The fourth-order valence-corrected chi connectivity index (χ4v) is 2.92. The minimum Gasteiger partial charge on any atom is -0.379 e. The molecule has 0 aliphatic carbocycles. The summed E-state index contributed by atoms with van der Waals surface area (Å²) in [7, 11) is 0. The maximum Gasteiger partial charge on any atom is 0.139 e. The molecular weight excluding hydrogens is 548 g/mol. The molecule has 0 atom stereocenters. The third-order valence-electron chi connectivity index (χ3n) is 4.76. The second-order valence-corrected chi connectivity index (χ2v) is 8.01. The largest absolute Gasteiger partial charge is 0.379 e. The summed E-state index contributed by atoms with van der Waals surface area (Å²) in [5, 5.41) is 13.5. The van der Waals surface area contributed by atoms with Gasteiger partial charge in [0.1, 0.15) is 6.17 Å². The third-order valence-corrected chi connectivity index (χ3v) is 4.76. The van der Waals surface area contributed by atoms with E-state index >= 15 is 0 Å². The smallest absolute Gasteiger partial charge is 0.139 e. The van der Waals surface area contributed by atoms with Crippen LogP contribution >= 0.6 is 0 Å². The van der Waals surface area contributed by atoms with Crippen molar-refractivity contribution in [3.63, 3.8) is 0 Å². The van der Waals surface area contributed by atoms with Gasteiger partial charge >= 0.3 is 0 Å². The fraction of sp³-hybridized carbons (Fsp3) is 1.00. The first kappa shape index (κ1) is 37.9. The van der Waals surface area contributed by atoms with Crippen LogP contribution in [-0.4, -0.2) is 125 Å². The van der Waals surface area contributed by atoms with E-state index in [1.54, 1.807) is 0 Å². The van der Waals surface area contributed by atoms with Crippen LogP contribution in [0.5, 0.6) is 0 Å². The molecule has 232 valence electrons. The second kappa shape index (κ2) is 29.9. The number of rotatable bonds is 31. The Labute approximate surface area is 237 Å². The molecule has 0 rings (SSSR count). The molecule has 0 fully saturated rings. The van der Waals surface area contributed by atoms with Crippen molar-refractivity contribution in [3.8, 4) is 0 Å². The Kier molecular flexibility index (Phi) is 27.6. The standard InChI is InChI=1S/C21H40N12O8/c1-2-34-7-11-38-16-21(17-39-12-8-35-5-3-26-30-22,18-40-13-9-36-6-4-27-31-23)19-41-14-10-37-15-20(28-32-24)29-33-25/h20H,2-19H2,1H3. The number of nitrogens with zero attached hydrogens (tertiary/aromatic N) is 12. The minimum absolute atomic E-state index is 0.0886. The topological polar surface area (TPSA) is 269 Å². The summed E-state index contributed by atoms with van der Waals surface area (Å²) in [5.74, 6) is 0. The van der Waals surface area contributed by atoms with Gasteiger partial charge in [0.2, 0.25) is 0 Å². The second-order valence-electron chi connectivity index (χ2n) is 8.01. The number of hydrogen-bond donors (Lipinski definition) is 0. The maximum atomic E-state index is 8.52. The average Bonchev–Trinajstić information content (AvgIpc) is 2.97. The zero-order valence-electron chi connectivity index (χ0n) is 23.4. The van der Waals surface area contributed by atoms with Crippen LogP contribution in [0.3, 0.4) is 0 Å². The van der Waals surface area contributed by atoms with Crippen molar-refractivity contribution in [2.75, 3.05) is 119 Å². The lowest BCUT2D eigenvalue weighted by Crippen LogP contribution is -2.43. The molecule has 0 aromatic carbocycles. The molecule has 0 aliphatic heterocycles. The molecule has 0 unspecified atom stereocenters. The van der Waals surface area contributed by atoms with Crippen molar-refractivity contribution < 1.29 is 37.9 Å². The molecule has 0 radical (unpaired) electrons. The Morgan fingerprint density at radius 3 is 1.29 bits per heavy atom. The van der Waals surface area contributed by atoms with Gasteiger partial charge in [-0.05, 0) is 29.0 Å². The Hall–Kier alpha value is -3.08. The van der Waals surface area contributed by atoms with E-state index in [0.29, 0.717) is 33.0 Å². The first-order valence-electron chi connectivity index (χ1n) is 12.9. The van der Waals surface area contributed by atoms with E-state index in [9.17, 15) is 0 Å². The average molecular weight is 589 g/mol. The van der Waals surface area contributed by atoms with Crippen LogP contribution in [0, 0.1) is 5.41 Å². The fourth-order valence-electron chi connectivity index (χ4n) is 2.92. The normalized spacial score (nSPS) is 12.7. The van der Waals surface area contributed by atoms with Gasteiger partial charge in [-0.3, -0.25) is 0 Å². The van der Waals surface area contributed by atoms with Crippen LogP contribution in [0.15, 0.2) is 20.5 Å². The summed E-state index contributed by atoms with van der Waals surface area (Å²) in [6.07, 6.45) is -0.993. The van der Waals surface area contributed by atoms with Crippen LogP contribution in [0.1, 0.15) is 6.92 Å². The number of azide groups is 3. The molecular formula is C21H40N12O8. The maximum absolute atomic E-state index is 8.52. The number of hydrogen-bond acceptors (Lipinski definition) is 12. The van der Waals surface area contributed by atoms with Gasteiger partial charge in [0, 0.05) is 39.3 Å². The van der Waals surface area contributed by atoms with Crippen molar-refractivity contribution >= 4 is 0 Å². The molecule has 0 saturated carbocycles. The van der Waals surface area contributed by atoms with Gasteiger partial charge in [-0.2, -0.15) is 0 Å². The quantitative estimate of drug-likeness (QED) is 0.0497. The molecule has 0 spiro atoms. The summed E-state index contributed by atoms with van der Waals surface area (Å²) >= 11 is 0. The lowest BCUT2D eigenvalue weighted by molar-refractivity contribution is -0.121. The van der Waals surface area contributed by atoms with Crippen LogP contribution in [-0.2, 0) is 37.9 Å². The third kappa shape index (κ3) is 24.4. The van der Waals surface area contributed by atoms with Crippen LogP contribution in [0.4, 0.5) is 0 Å². The molecule has 20 nitrogen and oxygen atoms in total. The number of ether oxygens (including phenoxy) is 8. The Bertz CT molecular complexity index is 781. The molecule has 0 bridgehead atoms. The summed E-state index contributed by atoms with van der Waals surface area (Å²) < 4.78 is 45.0. The molecule has 0 amide bonds. The van der Waals surface area contributed by atoms with Crippen molar-refractivity contribution in [1.82, 2.24) is 0 Å². The first-order valence-corrected chi connectivity index (χ1v) is 12.9. The highest BCUT2D eigenvalue weighted by atomic mass is 16.6. The predicted molar refractivity (Wildman–Crippen MR) is 145 cm³/mol. The lowest BCUT2D eigenvalue weighted by Gasteiger charge is -2.33. The van der Waals surface area contributed by atoms with E-state index < -0.39 is 11.6 Å². The molecule has 0 saturated heterocycles. The van der Waals surface area contributed by atoms with E-state index in [1.807, 2.05) is 6.92 Å². The molecule has 0 aromatic rings. The molecule has 0 N–H and O–H groups in total. The van der Waals surface area contributed by atoms with E-state index in [4.69, 9.17) is 60.0 Å². The van der Waals surface area contributed by atoms with Crippen molar-refractivity contribution in [2.45, 2.75) is 13.1 Å². The SMILES string of the molecule is CCOCCOCC(COCCOCCN=[N+]=[N-])(COCCOCCN=[N+]=[N-])COCCOCC(N=[N+]=[N-])N=[N+]=[N-]. The van der Waals surface area contributed by atoms with E-state index in [0.717, 1.165) is 0 Å². The van der Waals surface area contributed by atoms with Gasteiger partial charge in [0.15, 0.2) is 0 Å². The first-order chi connectivity index (χ1) is 20.2. The van der Waals surface area contributed by atoms with Crippen molar-refractivity contribution in [2.24, 2.45) is 25.9 Å². The Morgan fingerprint density at radius 1 is 0.512 bits per heavy atom. The van der Waals surface area contributed by atoms with Gasteiger partial charge < -0.3 is 37.9 Å². The zero-order valence-corrected chi connectivity index (χ0v) is 23.4. The van der Waals surface area contributed by atoms with Crippen molar-refractivity contribution in [1.29, 1.82) is 0 Å². The lowest BCUT2D eigenvalue weighted by atomic mass is 9.92. The molecule has 41 heavy (non-hydrogen) atoms. The van der Waals surface area contributed by atoms with Crippen LogP contribution < -0.4 is 0 Å². The highest BCUT2D eigenvalue weighted by Crippen LogP contribution is 2.21. The van der Waals surface area contributed by atoms with E-state index in [1.165, 1.54) is 0 Å². The minimum atomic E-state index is -0.993. The summed E-state index contributed by atoms with van der Waals surface area (Å²) in [6.45, 7) is 6.57. The highest BCUT2D eigenvalue weighted by Gasteiger charge is 2.32. The molecule has 0 aromatic heterocycles. The summed E-state index contributed by atoms with van der Waals surface area (Å²) in [4.78, 5) is 10.6. The van der Waals surface area contributed by atoms with Gasteiger partial charge in [0.05, 0.1) is 105 Å². The molecule has 0 aliphatic rings. The van der Waals surface area contributed by atoms with E-state index in [-0.39, 0.29) is 85.8 Å². The molecule has 0 heterocycles. The van der Waals surface area contributed by atoms with Crippen molar-refractivity contribution in [3.05, 3.63) is 41.8 Å². The van der Waals surface area contributed by atoms with Crippen LogP contribution in [0.2, 0.25) is 0 Å². The predicted octanol–water partition coefficient (Wildman–Crippen LogP) is 3.69. The van der Waals surface area contributed by atoms with Gasteiger partial charge in [-0.25, -0.2) is 0 Å². The van der Waals surface area contributed by atoms with Gasteiger partial charge in [0.25, 0.3) is 0 Å². The monoisotopic (exact) mass is 588 g/mol. The van der Waals surface area contributed by atoms with E-state index in [2.05, 4.69) is 40.1 Å². The molecule has 20 heteroatoms. The summed E-state index contributed by atoms with van der Waals surface area (Å²) in [5.41, 5.74) is 33.0. The summed E-state index contributed by atoms with van der Waals surface area (Å²) in [6, 6.07) is 0. The zero-order chi connectivity index (χ0) is 30.1. The Morgan fingerprint density at radius 2 is 0.902 bits per heavy atom. The van der Waals surface area contributed by atoms with Gasteiger partial charge in [-0.1, -0.05) is 20.5 Å².